The van der Waals surface area contributed by atoms with Crippen LogP contribution in [0.2, 0.25) is 5.02 Å². The normalized spacial score (nSPS) is 12.2. The zero-order valence-corrected chi connectivity index (χ0v) is 11.6. The maximum absolute atomic E-state index is 6.16. The number of aromatic nitrogens is 1. The van der Waals surface area contributed by atoms with Crippen LogP contribution < -0.4 is 16.0 Å². The second kappa shape index (κ2) is 6.02. The van der Waals surface area contributed by atoms with Crippen molar-refractivity contribution in [2.75, 3.05) is 7.11 Å². The van der Waals surface area contributed by atoms with E-state index in [0.29, 0.717) is 10.9 Å². The molecule has 0 aliphatic heterocycles. The van der Waals surface area contributed by atoms with Crippen LogP contribution in [0.5, 0.6) is 5.88 Å². The van der Waals surface area contributed by atoms with Crippen LogP contribution in [0.1, 0.15) is 22.7 Å². The van der Waals surface area contributed by atoms with Crippen molar-refractivity contribution in [1.29, 1.82) is 0 Å². The highest BCUT2D eigenvalue weighted by Crippen LogP contribution is 2.29. The van der Waals surface area contributed by atoms with Crippen molar-refractivity contribution >= 4 is 11.6 Å². The molecule has 0 radical (unpaired) electrons. The molecule has 1 heterocycles. The van der Waals surface area contributed by atoms with E-state index in [0.717, 1.165) is 16.7 Å². The minimum Gasteiger partial charge on any atom is -0.481 e. The van der Waals surface area contributed by atoms with Gasteiger partial charge in [0.1, 0.15) is 0 Å². The molecule has 2 aromatic rings. The maximum atomic E-state index is 6.16. The monoisotopic (exact) mass is 277 g/mol. The number of nitrogens with zero attached hydrogens (tertiary/aromatic N) is 1. The van der Waals surface area contributed by atoms with Crippen molar-refractivity contribution in [3.8, 4) is 5.88 Å². The molecule has 5 heteroatoms. The predicted octanol–water partition coefficient (Wildman–Crippen LogP) is 2.60. The first-order chi connectivity index (χ1) is 9.17. The molecular formula is C14H16ClN3O. The minimum absolute atomic E-state index is 0.221. The Bertz CT molecular complexity index is 574. The summed E-state index contributed by atoms with van der Waals surface area (Å²) in [5.41, 5.74) is 5.63. The fourth-order valence-corrected chi connectivity index (χ4v) is 2.14. The van der Waals surface area contributed by atoms with Gasteiger partial charge in [-0.2, -0.15) is 0 Å². The van der Waals surface area contributed by atoms with Crippen molar-refractivity contribution in [3.63, 3.8) is 0 Å². The molecule has 100 valence electrons. The zero-order valence-electron chi connectivity index (χ0n) is 10.9. The molecule has 0 aliphatic rings. The number of methoxy groups -OCH3 is 1. The van der Waals surface area contributed by atoms with E-state index in [4.69, 9.17) is 22.2 Å². The Morgan fingerprint density at radius 1 is 1.37 bits per heavy atom. The van der Waals surface area contributed by atoms with E-state index < -0.39 is 0 Å². The Labute approximate surface area is 117 Å². The van der Waals surface area contributed by atoms with Crippen molar-refractivity contribution in [1.82, 2.24) is 10.4 Å². The lowest BCUT2D eigenvalue weighted by atomic mass is 9.99. The van der Waals surface area contributed by atoms with Gasteiger partial charge >= 0.3 is 0 Å². The molecule has 19 heavy (non-hydrogen) atoms. The lowest BCUT2D eigenvalue weighted by molar-refractivity contribution is 0.387. The fourth-order valence-electron chi connectivity index (χ4n) is 1.95. The number of rotatable bonds is 4. The van der Waals surface area contributed by atoms with E-state index in [2.05, 4.69) is 10.4 Å². The van der Waals surface area contributed by atoms with E-state index in [-0.39, 0.29) is 6.04 Å². The Kier molecular flexibility index (Phi) is 4.37. The van der Waals surface area contributed by atoms with Crippen LogP contribution in [0, 0.1) is 6.92 Å². The molecular weight excluding hydrogens is 262 g/mol. The van der Waals surface area contributed by atoms with Gasteiger partial charge in [0.2, 0.25) is 5.88 Å². The van der Waals surface area contributed by atoms with Gasteiger partial charge in [-0.05, 0) is 30.2 Å². The highest BCUT2D eigenvalue weighted by molar-refractivity contribution is 6.31. The topological polar surface area (TPSA) is 60.2 Å². The van der Waals surface area contributed by atoms with Crippen LogP contribution in [0.15, 0.2) is 36.5 Å². The Morgan fingerprint density at radius 3 is 2.79 bits per heavy atom. The van der Waals surface area contributed by atoms with Crippen LogP contribution in [-0.2, 0) is 0 Å². The standard InChI is InChI=1S/C14H16ClN3O/c1-9-5-6-10(8-12(9)15)13(18-16)11-4-3-7-17-14(11)19-2/h3-8,13,18H,16H2,1-2H3. The summed E-state index contributed by atoms with van der Waals surface area (Å²) < 4.78 is 5.26. The first-order valence-corrected chi connectivity index (χ1v) is 6.26. The first-order valence-electron chi connectivity index (χ1n) is 5.88. The van der Waals surface area contributed by atoms with E-state index in [1.165, 1.54) is 0 Å². The summed E-state index contributed by atoms with van der Waals surface area (Å²) in [7, 11) is 1.58. The van der Waals surface area contributed by atoms with Crippen LogP contribution in [0.25, 0.3) is 0 Å². The van der Waals surface area contributed by atoms with Gasteiger partial charge in [0.15, 0.2) is 0 Å². The molecule has 0 saturated carbocycles. The molecule has 3 N–H and O–H groups in total. The SMILES string of the molecule is COc1ncccc1C(NN)c1ccc(C)c(Cl)c1. The van der Waals surface area contributed by atoms with Crippen molar-refractivity contribution in [3.05, 3.63) is 58.2 Å². The maximum Gasteiger partial charge on any atom is 0.218 e. The van der Waals surface area contributed by atoms with Gasteiger partial charge < -0.3 is 4.74 Å². The molecule has 1 aromatic carbocycles. The molecule has 0 saturated heterocycles. The number of aryl methyl sites for hydroxylation is 1. The Morgan fingerprint density at radius 2 is 2.16 bits per heavy atom. The molecule has 0 spiro atoms. The highest BCUT2D eigenvalue weighted by Gasteiger charge is 2.18. The van der Waals surface area contributed by atoms with Gasteiger partial charge in [-0.25, -0.2) is 10.4 Å². The van der Waals surface area contributed by atoms with Crippen LogP contribution >= 0.6 is 11.6 Å². The first kappa shape index (κ1) is 13.8. The number of hydrogen-bond donors (Lipinski definition) is 2. The lowest BCUT2D eigenvalue weighted by Gasteiger charge is -2.19. The van der Waals surface area contributed by atoms with E-state index in [1.807, 2.05) is 37.3 Å². The molecule has 4 nitrogen and oxygen atoms in total. The summed E-state index contributed by atoms with van der Waals surface area (Å²) in [5, 5.41) is 0.709. The van der Waals surface area contributed by atoms with Crippen molar-refractivity contribution < 1.29 is 4.74 Å². The summed E-state index contributed by atoms with van der Waals surface area (Å²) in [5.74, 6) is 6.22. The smallest absolute Gasteiger partial charge is 0.218 e. The average molecular weight is 278 g/mol. The molecule has 0 amide bonds. The molecule has 1 aromatic heterocycles. The number of halogens is 1. The van der Waals surface area contributed by atoms with Crippen molar-refractivity contribution in [2.24, 2.45) is 5.84 Å². The van der Waals surface area contributed by atoms with E-state index in [1.54, 1.807) is 13.3 Å². The van der Waals surface area contributed by atoms with Gasteiger partial charge in [-0.15, -0.1) is 0 Å². The Balaban J connectivity index is 2.46. The van der Waals surface area contributed by atoms with Gasteiger partial charge in [0.05, 0.1) is 13.2 Å². The number of pyridine rings is 1. The number of nitrogens with one attached hydrogen (secondary N) is 1. The highest BCUT2D eigenvalue weighted by atomic mass is 35.5. The number of benzene rings is 1. The lowest BCUT2D eigenvalue weighted by Crippen LogP contribution is -2.29. The van der Waals surface area contributed by atoms with Gasteiger partial charge in [0, 0.05) is 16.8 Å². The van der Waals surface area contributed by atoms with Gasteiger partial charge in [-0.3, -0.25) is 5.84 Å². The number of ether oxygens (including phenoxy) is 1. The quantitative estimate of drug-likeness (QED) is 0.666. The third-order valence-corrected chi connectivity index (χ3v) is 3.41. The molecule has 0 aliphatic carbocycles. The summed E-state index contributed by atoms with van der Waals surface area (Å²) in [6, 6.07) is 9.39. The van der Waals surface area contributed by atoms with Crippen LogP contribution in [-0.4, -0.2) is 12.1 Å². The van der Waals surface area contributed by atoms with Crippen LogP contribution in [0.4, 0.5) is 0 Å². The molecule has 2 rings (SSSR count). The van der Waals surface area contributed by atoms with Gasteiger partial charge in [-0.1, -0.05) is 29.8 Å². The number of hydrazine groups is 1. The largest absolute Gasteiger partial charge is 0.481 e. The molecule has 0 fully saturated rings. The van der Waals surface area contributed by atoms with Gasteiger partial charge in [0.25, 0.3) is 0 Å². The van der Waals surface area contributed by atoms with E-state index >= 15 is 0 Å². The second-order valence-corrected chi connectivity index (χ2v) is 4.62. The van der Waals surface area contributed by atoms with Crippen LogP contribution in [0.3, 0.4) is 0 Å². The number of hydrogen-bond acceptors (Lipinski definition) is 4. The molecule has 0 bridgehead atoms. The average Bonchev–Trinajstić information content (AvgIpc) is 2.44. The third kappa shape index (κ3) is 2.87. The van der Waals surface area contributed by atoms with Crippen molar-refractivity contribution in [2.45, 2.75) is 13.0 Å². The van der Waals surface area contributed by atoms with E-state index in [9.17, 15) is 0 Å². The minimum atomic E-state index is -0.221. The second-order valence-electron chi connectivity index (χ2n) is 4.21. The summed E-state index contributed by atoms with van der Waals surface area (Å²) in [6.07, 6.45) is 1.68. The molecule has 1 atom stereocenters. The predicted molar refractivity (Wildman–Crippen MR) is 76.1 cm³/mol. The molecule has 1 unspecified atom stereocenters. The zero-order chi connectivity index (χ0) is 13.8. The number of nitrogens with two attached hydrogens (primary N) is 1. The summed E-state index contributed by atoms with van der Waals surface area (Å²) in [4.78, 5) is 4.18. The summed E-state index contributed by atoms with van der Waals surface area (Å²) in [6.45, 7) is 1.96. The third-order valence-electron chi connectivity index (χ3n) is 3.00. The Hall–Kier alpha value is -1.62. The summed E-state index contributed by atoms with van der Waals surface area (Å²) >= 11 is 6.16. The fraction of sp³-hybridized carbons (Fsp3) is 0.214.